The Labute approximate surface area is 161 Å². The molecule has 3 N–H and O–H groups in total. The van der Waals surface area contributed by atoms with Crippen LogP contribution in [0.1, 0.15) is 51.9 Å². The molecule has 5 nitrogen and oxygen atoms in total. The van der Waals surface area contributed by atoms with Crippen molar-refractivity contribution >= 4 is 11.8 Å². The number of Topliss-reactive ketones (excluding diaryl/α,β-unsaturated/α-hetero) is 1. The highest BCUT2D eigenvalue weighted by Crippen LogP contribution is 2.32. The zero-order valence-corrected chi connectivity index (χ0v) is 16.0. The van der Waals surface area contributed by atoms with Crippen LogP contribution in [0.4, 0.5) is 0 Å². The van der Waals surface area contributed by atoms with Crippen molar-refractivity contribution in [2.75, 3.05) is 0 Å². The SMILES string of the molecule is CC[C@H]1C(=O)C[C@H](O)[C@@H]1/C=C/[C@@H](O)C/C=C\C/C=C\C/C=C\CCC(=O)O. The molecule has 1 fully saturated rings. The van der Waals surface area contributed by atoms with E-state index in [1.165, 1.54) is 0 Å². The van der Waals surface area contributed by atoms with E-state index in [2.05, 4.69) is 0 Å². The Kier molecular flexibility index (Phi) is 11.3. The minimum atomic E-state index is -0.782. The van der Waals surface area contributed by atoms with Crippen molar-refractivity contribution in [2.24, 2.45) is 11.8 Å². The number of aliphatic carboxylic acids is 1. The lowest BCUT2D eigenvalue weighted by molar-refractivity contribution is -0.136. The summed E-state index contributed by atoms with van der Waals surface area (Å²) < 4.78 is 0. The molecule has 1 aliphatic carbocycles. The number of carboxylic acids is 1. The molecular weight excluding hydrogens is 344 g/mol. The van der Waals surface area contributed by atoms with E-state index < -0.39 is 18.2 Å². The van der Waals surface area contributed by atoms with Crippen LogP contribution in [0.3, 0.4) is 0 Å². The lowest BCUT2D eigenvalue weighted by atomic mass is 9.91. The minimum absolute atomic E-state index is 0.109. The van der Waals surface area contributed by atoms with E-state index in [1.54, 1.807) is 12.2 Å². The van der Waals surface area contributed by atoms with Gasteiger partial charge in [0.05, 0.1) is 12.2 Å². The van der Waals surface area contributed by atoms with E-state index in [9.17, 15) is 19.8 Å². The van der Waals surface area contributed by atoms with Gasteiger partial charge >= 0.3 is 5.97 Å². The number of aliphatic hydroxyl groups is 2. The number of allylic oxidation sites excluding steroid dienone is 5. The molecule has 0 aromatic carbocycles. The molecular formula is C22H32O5. The Hall–Kier alpha value is -1.98. The average molecular weight is 376 g/mol. The Balaban J connectivity index is 2.22. The summed E-state index contributed by atoms with van der Waals surface area (Å²) in [5, 5.41) is 28.5. The largest absolute Gasteiger partial charge is 0.481 e. The third-order valence-electron chi connectivity index (χ3n) is 4.67. The number of rotatable bonds is 12. The quantitative estimate of drug-likeness (QED) is 0.453. The minimum Gasteiger partial charge on any atom is -0.481 e. The normalized spacial score (nSPS) is 24.9. The van der Waals surface area contributed by atoms with Gasteiger partial charge in [0.1, 0.15) is 5.78 Å². The van der Waals surface area contributed by atoms with Gasteiger partial charge < -0.3 is 15.3 Å². The highest BCUT2D eigenvalue weighted by atomic mass is 16.4. The smallest absolute Gasteiger partial charge is 0.303 e. The van der Waals surface area contributed by atoms with Crippen LogP contribution < -0.4 is 0 Å². The van der Waals surface area contributed by atoms with Crippen LogP contribution in [0.5, 0.6) is 0 Å². The highest BCUT2D eigenvalue weighted by Gasteiger charge is 2.38. The summed E-state index contributed by atoms with van der Waals surface area (Å²) in [6.07, 6.45) is 17.6. The van der Waals surface area contributed by atoms with Gasteiger partial charge in [-0.1, -0.05) is 55.5 Å². The van der Waals surface area contributed by atoms with Crippen molar-refractivity contribution in [2.45, 2.75) is 64.1 Å². The monoisotopic (exact) mass is 376 g/mol. The standard InChI is InChI=1S/C22H32O5/c1-2-18-19(21(25)16-20(18)24)15-14-17(23)12-10-8-6-4-3-5-7-9-11-13-22(26)27/h3-4,7-10,14-15,17-19,21,23,25H,2,5-6,11-13,16H2,1H3,(H,26,27)/b4-3-,9-7-,10-8-,15-14+/t17-,18+,19+,21-/m0/s1. The molecule has 27 heavy (non-hydrogen) atoms. The van der Waals surface area contributed by atoms with Crippen LogP contribution in [-0.2, 0) is 9.59 Å². The summed E-state index contributed by atoms with van der Waals surface area (Å²) in [6, 6.07) is 0. The lowest BCUT2D eigenvalue weighted by Gasteiger charge is -2.16. The highest BCUT2D eigenvalue weighted by molar-refractivity contribution is 5.84. The molecule has 0 aliphatic heterocycles. The first-order valence-corrected chi connectivity index (χ1v) is 9.69. The predicted molar refractivity (Wildman–Crippen MR) is 106 cm³/mol. The molecule has 5 heteroatoms. The van der Waals surface area contributed by atoms with Crippen LogP contribution in [0.2, 0.25) is 0 Å². The second-order valence-electron chi connectivity index (χ2n) is 6.84. The zero-order chi connectivity index (χ0) is 20.1. The molecule has 0 heterocycles. The molecule has 150 valence electrons. The third-order valence-corrected chi connectivity index (χ3v) is 4.67. The fourth-order valence-corrected chi connectivity index (χ4v) is 3.18. The fourth-order valence-electron chi connectivity index (χ4n) is 3.18. The molecule has 1 saturated carbocycles. The molecule has 0 saturated heterocycles. The molecule has 0 spiro atoms. The van der Waals surface area contributed by atoms with Crippen molar-refractivity contribution in [1.82, 2.24) is 0 Å². The van der Waals surface area contributed by atoms with Crippen LogP contribution >= 0.6 is 0 Å². The number of carbonyl (C=O) groups is 2. The summed E-state index contributed by atoms with van der Waals surface area (Å²) in [7, 11) is 0. The first kappa shape index (κ1) is 23.1. The van der Waals surface area contributed by atoms with Crippen LogP contribution in [0.15, 0.2) is 48.6 Å². The number of hydrogen-bond donors (Lipinski definition) is 3. The second kappa shape index (κ2) is 13.2. The van der Waals surface area contributed by atoms with E-state index in [1.807, 2.05) is 43.4 Å². The summed E-state index contributed by atoms with van der Waals surface area (Å²) in [5.41, 5.74) is 0. The van der Waals surface area contributed by atoms with E-state index >= 15 is 0 Å². The molecule has 0 aromatic heterocycles. The van der Waals surface area contributed by atoms with Gasteiger partial charge in [-0.25, -0.2) is 0 Å². The summed E-state index contributed by atoms with van der Waals surface area (Å²) in [4.78, 5) is 22.1. The van der Waals surface area contributed by atoms with Crippen molar-refractivity contribution in [3.8, 4) is 0 Å². The molecule has 0 amide bonds. The number of ketones is 1. The molecule has 0 unspecified atom stereocenters. The van der Waals surface area contributed by atoms with Gasteiger partial charge in [-0.15, -0.1) is 0 Å². The van der Waals surface area contributed by atoms with E-state index in [4.69, 9.17) is 5.11 Å². The summed E-state index contributed by atoms with van der Waals surface area (Å²) in [6.45, 7) is 1.94. The molecule has 4 atom stereocenters. The van der Waals surface area contributed by atoms with Gasteiger partial charge in [0.15, 0.2) is 0 Å². The Morgan fingerprint density at radius 2 is 1.78 bits per heavy atom. The van der Waals surface area contributed by atoms with E-state index in [0.717, 1.165) is 12.8 Å². The Morgan fingerprint density at radius 1 is 1.15 bits per heavy atom. The molecule has 0 aromatic rings. The van der Waals surface area contributed by atoms with Gasteiger partial charge in [0, 0.05) is 24.7 Å². The van der Waals surface area contributed by atoms with Crippen molar-refractivity contribution in [3.63, 3.8) is 0 Å². The maximum atomic E-state index is 11.8. The first-order chi connectivity index (χ1) is 13.0. The van der Waals surface area contributed by atoms with Gasteiger partial charge in [0.25, 0.3) is 0 Å². The number of carbonyl (C=O) groups excluding carboxylic acids is 1. The molecule has 1 rings (SSSR count). The molecule has 0 radical (unpaired) electrons. The van der Waals surface area contributed by atoms with Crippen LogP contribution in [0, 0.1) is 11.8 Å². The van der Waals surface area contributed by atoms with Crippen molar-refractivity contribution in [1.29, 1.82) is 0 Å². The number of hydrogen-bond acceptors (Lipinski definition) is 4. The van der Waals surface area contributed by atoms with Crippen LogP contribution in [-0.4, -0.2) is 39.3 Å². The zero-order valence-electron chi connectivity index (χ0n) is 16.0. The number of aliphatic hydroxyl groups excluding tert-OH is 2. The molecule has 1 aliphatic rings. The van der Waals surface area contributed by atoms with Gasteiger partial charge in [-0.2, -0.15) is 0 Å². The van der Waals surface area contributed by atoms with Gasteiger partial charge in [-0.05, 0) is 32.1 Å². The first-order valence-electron chi connectivity index (χ1n) is 9.69. The Morgan fingerprint density at radius 3 is 2.41 bits per heavy atom. The fraction of sp³-hybridized carbons (Fsp3) is 0.545. The average Bonchev–Trinajstić information content (AvgIpc) is 2.90. The second-order valence-corrected chi connectivity index (χ2v) is 6.84. The van der Waals surface area contributed by atoms with Gasteiger partial charge in [-0.3, -0.25) is 9.59 Å². The van der Waals surface area contributed by atoms with Crippen molar-refractivity contribution < 1.29 is 24.9 Å². The third kappa shape index (κ3) is 9.50. The van der Waals surface area contributed by atoms with Crippen molar-refractivity contribution in [3.05, 3.63) is 48.6 Å². The predicted octanol–water partition coefficient (Wildman–Crippen LogP) is 3.58. The molecule has 0 bridgehead atoms. The number of carboxylic acid groups (broad SMARTS) is 1. The van der Waals surface area contributed by atoms with E-state index in [-0.39, 0.29) is 30.5 Å². The lowest BCUT2D eigenvalue weighted by Crippen LogP contribution is -2.18. The van der Waals surface area contributed by atoms with E-state index in [0.29, 0.717) is 19.3 Å². The summed E-state index contributed by atoms with van der Waals surface area (Å²) >= 11 is 0. The topological polar surface area (TPSA) is 94.8 Å². The maximum absolute atomic E-state index is 11.8. The summed E-state index contributed by atoms with van der Waals surface area (Å²) in [5.74, 6) is -0.997. The van der Waals surface area contributed by atoms with Gasteiger partial charge in [0.2, 0.25) is 0 Å². The van der Waals surface area contributed by atoms with Crippen LogP contribution in [0.25, 0.3) is 0 Å². The Bertz CT molecular complexity index is 573. The maximum Gasteiger partial charge on any atom is 0.303 e.